The first-order valence-electron chi connectivity index (χ1n) is 5.95. The van der Waals surface area contributed by atoms with Crippen LogP contribution in [0.15, 0.2) is 0 Å². The molecule has 0 fully saturated rings. The van der Waals surface area contributed by atoms with Gasteiger partial charge in [-0.15, -0.1) is 0 Å². The first kappa shape index (κ1) is 16.1. The highest BCUT2D eigenvalue weighted by molar-refractivity contribution is 7.85. The predicted octanol–water partition coefficient (Wildman–Crippen LogP) is 1.96. The molecule has 0 aromatic rings. The Bertz CT molecular complexity index is 206. The average Bonchev–Trinajstić information content (AvgIpc) is 2.23. The Labute approximate surface area is 102 Å². The fourth-order valence-corrected chi connectivity index (χ4v) is 2.98. The summed E-state index contributed by atoms with van der Waals surface area (Å²) in [6.07, 6.45) is 0. The summed E-state index contributed by atoms with van der Waals surface area (Å²) in [4.78, 5) is 0. The van der Waals surface area contributed by atoms with Crippen molar-refractivity contribution in [1.82, 2.24) is 0 Å². The fraction of sp³-hybridized carbons (Fsp3) is 1.00. The molecule has 4 heteroatoms. The maximum atomic E-state index is 11.9. The Morgan fingerprint density at radius 3 is 1.19 bits per heavy atom. The van der Waals surface area contributed by atoms with Gasteiger partial charge in [0.05, 0.1) is 10.8 Å². The van der Waals surface area contributed by atoms with Crippen LogP contribution in [0.2, 0.25) is 0 Å². The van der Waals surface area contributed by atoms with Gasteiger partial charge in [0.15, 0.2) is 0 Å². The standard InChI is InChI=1S/C12H26O3S/c1-7(2)9(5)11(13)16(15)12(14)10(6)8(3)4/h7-14H,1-6H3. The van der Waals surface area contributed by atoms with E-state index in [1.54, 1.807) is 0 Å². The minimum atomic E-state index is -1.60. The molecule has 0 aliphatic heterocycles. The Morgan fingerprint density at radius 2 is 1.00 bits per heavy atom. The topological polar surface area (TPSA) is 57.5 Å². The zero-order chi connectivity index (χ0) is 13.0. The molecule has 98 valence electrons. The van der Waals surface area contributed by atoms with Gasteiger partial charge in [-0.2, -0.15) is 0 Å². The van der Waals surface area contributed by atoms with E-state index in [2.05, 4.69) is 0 Å². The van der Waals surface area contributed by atoms with Crippen molar-refractivity contribution in [2.75, 3.05) is 0 Å². The third kappa shape index (κ3) is 4.15. The van der Waals surface area contributed by atoms with Crippen LogP contribution in [-0.4, -0.2) is 25.3 Å². The Kier molecular flexibility index (Phi) is 6.75. The van der Waals surface area contributed by atoms with E-state index in [0.29, 0.717) is 0 Å². The van der Waals surface area contributed by atoms with Crippen molar-refractivity contribution in [3.05, 3.63) is 0 Å². The van der Waals surface area contributed by atoms with Gasteiger partial charge in [0.1, 0.15) is 10.9 Å². The third-order valence-electron chi connectivity index (χ3n) is 3.48. The van der Waals surface area contributed by atoms with Crippen molar-refractivity contribution in [3.63, 3.8) is 0 Å². The molecule has 0 aliphatic carbocycles. The number of aliphatic hydroxyl groups is 2. The number of hydrogen-bond acceptors (Lipinski definition) is 3. The van der Waals surface area contributed by atoms with Crippen molar-refractivity contribution in [3.8, 4) is 0 Å². The second-order valence-electron chi connectivity index (χ2n) is 5.32. The molecule has 16 heavy (non-hydrogen) atoms. The summed E-state index contributed by atoms with van der Waals surface area (Å²) in [7, 11) is -1.60. The average molecular weight is 250 g/mol. The molecule has 0 aromatic carbocycles. The van der Waals surface area contributed by atoms with Crippen LogP contribution in [0.4, 0.5) is 0 Å². The molecule has 0 aliphatic rings. The highest BCUT2D eigenvalue weighted by Crippen LogP contribution is 2.24. The van der Waals surface area contributed by atoms with E-state index in [-0.39, 0.29) is 23.7 Å². The van der Waals surface area contributed by atoms with Gasteiger partial charge in [0.25, 0.3) is 0 Å². The molecule has 0 rings (SSSR count). The molecule has 0 saturated carbocycles. The normalized spacial score (nSPS) is 21.9. The zero-order valence-corrected chi connectivity index (χ0v) is 12.0. The maximum Gasteiger partial charge on any atom is 0.134 e. The second-order valence-corrected chi connectivity index (χ2v) is 6.94. The smallest absolute Gasteiger partial charge is 0.134 e. The minimum Gasteiger partial charge on any atom is -0.379 e. The molecule has 3 nitrogen and oxygen atoms in total. The molecule has 2 N–H and O–H groups in total. The summed E-state index contributed by atoms with van der Waals surface area (Å²) in [5.41, 5.74) is -1.90. The van der Waals surface area contributed by atoms with E-state index in [1.165, 1.54) is 0 Å². The van der Waals surface area contributed by atoms with Crippen molar-refractivity contribution < 1.29 is 14.4 Å². The summed E-state index contributed by atoms with van der Waals surface area (Å²) in [5, 5.41) is 19.8. The molecule has 0 aromatic heterocycles. The molecule has 0 bridgehead atoms. The van der Waals surface area contributed by atoms with Crippen molar-refractivity contribution in [2.45, 2.75) is 52.4 Å². The fourth-order valence-electron chi connectivity index (χ4n) is 1.22. The monoisotopic (exact) mass is 250 g/mol. The lowest BCUT2D eigenvalue weighted by molar-refractivity contribution is 0.134. The van der Waals surface area contributed by atoms with Gasteiger partial charge in [0, 0.05) is 0 Å². The van der Waals surface area contributed by atoms with Crippen molar-refractivity contribution in [1.29, 1.82) is 0 Å². The van der Waals surface area contributed by atoms with E-state index in [1.807, 2.05) is 41.5 Å². The summed E-state index contributed by atoms with van der Waals surface area (Å²) >= 11 is 0. The highest BCUT2D eigenvalue weighted by atomic mass is 32.2. The van der Waals surface area contributed by atoms with Crippen LogP contribution < -0.4 is 0 Å². The molecule has 0 heterocycles. The van der Waals surface area contributed by atoms with Crippen LogP contribution in [-0.2, 0) is 10.8 Å². The first-order chi connectivity index (χ1) is 7.20. The minimum absolute atomic E-state index is 0.0742. The molecule has 4 atom stereocenters. The van der Waals surface area contributed by atoms with E-state index in [4.69, 9.17) is 0 Å². The largest absolute Gasteiger partial charge is 0.379 e. The molecule has 0 saturated heterocycles. The summed E-state index contributed by atoms with van der Waals surface area (Å²) in [5.74, 6) is 0.353. The number of rotatable bonds is 6. The predicted molar refractivity (Wildman–Crippen MR) is 68.2 cm³/mol. The van der Waals surface area contributed by atoms with Crippen LogP contribution >= 0.6 is 0 Å². The summed E-state index contributed by atoms with van der Waals surface area (Å²) in [6.45, 7) is 11.6. The summed E-state index contributed by atoms with van der Waals surface area (Å²) in [6, 6.07) is 0. The lowest BCUT2D eigenvalue weighted by Gasteiger charge is -2.27. The Hall–Kier alpha value is 0.0700. The van der Waals surface area contributed by atoms with E-state index in [0.717, 1.165) is 0 Å². The van der Waals surface area contributed by atoms with E-state index < -0.39 is 21.7 Å². The van der Waals surface area contributed by atoms with Gasteiger partial charge < -0.3 is 10.2 Å². The maximum absolute atomic E-state index is 11.9. The molecule has 0 radical (unpaired) electrons. The van der Waals surface area contributed by atoms with Gasteiger partial charge in [-0.05, 0) is 23.7 Å². The van der Waals surface area contributed by atoms with Crippen molar-refractivity contribution in [2.24, 2.45) is 23.7 Å². The number of hydrogen-bond donors (Lipinski definition) is 2. The highest BCUT2D eigenvalue weighted by Gasteiger charge is 2.32. The van der Waals surface area contributed by atoms with Gasteiger partial charge in [-0.3, -0.25) is 4.21 Å². The van der Waals surface area contributed by atoms with Gasteiger partial charge in [0.2, 0.25) is 0 Å². The lowest BCUT2D eigenvalue weighted by atomic mass is 9.99. The molecular formula is C12H26O3S. The second kappa shape index (κ2) is 6.72. The zero-order valence-electron chi connectivity index (χ0n) is 11.2. The SMILES string of the molecule is CC(C)C(C)C(O)S(=O)C(O)C(C)C(C)C. The van der Waals surface area contributed by atoms with Crippen LogP contribution in [0.5, 0.6) is 0 Å². The third-order valence-corrected chi connectivity index (χ3v) is 5.29. The Morgan fingerprint density at radius 1 is 0.750 bits per heavy atom. The van der Waals surface area contributed by atoms with E-state index in [9.17, 15) is 14.4 Å². The van der Waals surface area contributed by atoms with Gasteiger partial charge in [-0.1, -0.05) is 41.5 Å². The molecule has 4 unspecified atom stereocenters. The van der Waals surface area contributed by atoms with Gasteiger partial charge in [-0.25, -0.2) is 0 Å². The van der Waals surface area contributed by atoms with Gasteiger partial charge >= 0.3 is 0 Å². The lowest BCUT2D eigenvalue weighted by Crippen LogP contribution is -2.37. The quantitative estimate of drug-likeness (QED) is 0.757. The Balaban J connectivity index is 4.55. The van der Waals surface area contributed by atoms with Crippen LogP contribution in [0, 0.1) is 23.7 Å². The van der Waals surface area contributed by atoms with Crippen LogP contribution in [0.1, 0.15) is 41.5 Å². The number of aliphatic hydroxyl groups excluding tert-OH is 2. The van der Waals surface area contributed by atoms with E-state index >= 15 is 0 Å². The first-order valence-corrected chi connectivity index (χ1v) is 7.23. The molecule has 0 amide bonds. The molecular weight excluding hydrogens is 224 g/mol. The molecule has 0 spiro atoms. The van der Waals surface area contributed by atoms with Crippen LogP contribution in [0.25, 0.3) is 0 Å². The van der Waals surface area contributed by atoms with Crippen LogP contribution in [0.3, 0.4) is 0 Å². The summed E-state index contributed by atoms with van der Waals surface area (Å²) < 4.78 is 11.9. The van der Waals surface area contributed by atoms with Crippen molar-refractivity contribution >= 4 is 10.8 Å².